The zero-order valence-corrected chi connectivity index (χ0v) is 49.7. The number of phenolic OH excluding ortho intramolecular Hbond substituents is 5. The zero-order chi connectivity index (χ0) is 61.0. The van der Waals surface area contributed by atoms with Crippen LogP contribution in [-0.4, -0.2) is 63.7 Å². The van der Waals surface area contributed by atoms with Crippen molar-refractivity contribution in [1.82, 2.24) is 0 Å². The summed E-state index contributed by atoms with van der Waals surface area (Å²) in [7, 11) is -10.8. The highest BCUT2D eigenvalue weighted by molar-refractivity contribution is 7.87. The van der Waals surface area contributed by atoms with Gasteiger partial charge >= 0.3 is 0 Å². The van der Waals surface area contributed by atoms with Crippen molar-refractivity contribution in [2.24, 2.45) is 0 Å². The van der Waals surface area contributed by atoms with E-state index in [2.05, 4.69) is 0 Å². The smallest absolute Gasteiger partial charge is 0.298 e. The Morgan fingerprint density at radius 1 is 0.476 bits per heavy atom. The SMILES string of the molecule is COS(=O)(=O)c1ccccc1/C(=C1\C=CC(=O)C(C)=C1)c1ccc(O)c(C)c1.Cc1cc(C2(c3cc(C)c(O)c(C)c3)OS(=O)(=O)c3ccccc32)cc(C)c1O.Cc1cc(C2(c3ccc(O)c(C)c3)OS(=O)(=O)c3ccccc32)ccc1O. The minimum Gasteiger partial charge on any atom is -0.508 e. The summed E-state index contributed by atoms with van der Waals surface area (Å²) in [6.45, 7) is 14.0. The van der Waals surface area contributed by atoms with Gasteiger partial charge in [-0.1, -0.05) is 78.9 Å². The molecule has 0 amide bonds. The third-order valence-corrected chi connectivity index (χ3v) is 19.2. The predicted molar refractivity (Wildman–Crippen MR) is 317 cm³/mol. The van der Waals surface area contributed by atoms with Crippen LogP contribution in [0.5, 0.6) is 28.7 Å². The molecule has 432 valence electrons. The number of benzene rings is 8. The normalized spacial score (nSPS) is 16.5. The predicted octanol–water partition coefficient (Wildman–Crippen LogP) is 12.0. The second kappa shape index (κ2) is 22.5. The molecule has 2 heterocycles. The van der Waals surface area contributed by atoms with Crippen LogP contribution in [0.2, 0.25) is 0 Å². The van der Waals surface area contributed by atoms with Gasteiger partial charge in [0.15, 0.2) is 17.0 Å². The molecule has 0 saturated heterocycles. The number of aromatic hydroxyl groups is 5. The van der Waals surface area contributed by atoms with Crippen LogP contribution in [0, 0.1) is 48.5 Å². The van der Waals surface area contributed by atoms with Crippen LogP contribution in [0.15, 0.2) is 196 Å². The van der Waals surface area contributed by atoms with Crippen LogP contribution in [0.4, 0.5) is 0 Å². The molecule has 1 aliphatic carbocycles. The molecule has 0 bridgehead atoms. The van der Waals surface area contributed by atoms with E-state index < -0.39 is 41.6 Å². The summed E-state index contributed by atoms with van der Waals surface area (Å²) in [5.41, 5.74) is 7.95. The molecule has 2 aliphatic heterocycles. The van der Waals surface area contributed by atoms with Crippen LogP contribution < -0.4 is 0 Å². The molecule has 0 unspecified atom stereocenters. The molecule has 5 N–H and O–H groups in total. The second-order valence-electron chi connectivity index (χ2n) is 20.8. The van der Waals surface area contributed by atoms with E-state index in [9.17, 15) is 55.6 Å². The number of allylic oxidation sites excluding steroid dienone is 5. The molecule has 11 rings (SSSR count). The van der Waals surface area contributed by atoms with E-state index in [1.165, 1.54) is 36.4 Å². The highest BCUT2D eigenvalue weighted by atomic mass is 32.2. The van der Waals surface area contributed by atoms with Gasteiger partial charge in [0.2, 0.25) is 0 Å². The van der Waals surface area contributed by atoms with Gasteiger partial charge in [-0.25, -0.2) is 8.37 Å². The fraction of sp³-hybridized carbons (Fsp3) is 0.167. The Kier molecular flexibility index (Phi) is 16.1. The van der Waals surface area contributed by atoms with Gasteiger partial charge in [-0.3, -0.25) is 8.98 Å². The molecule has 0 fully saturated rings. The van der Waals surface area contributed by atoms with Gasteiger partial charge in [0.25, 0.3) is 30.4 Å². The minimum absolute atomic E-state index is 0.0297. The van der Waals surface area contributed by atoms with Crippen molar-refractivity contribution in [2.45, 2.75) is 81.3 Å². The van der Waals surface area contributed by atoms with Crippen LogP contribution in [0.3, 0.4) is 0 Å². The lowest BCUT2D eigenvalue weighted by Crippen LogP contribution is -2.30. The summed E-state index contributed by atoms with van der Waals surface area (Å²) in [5, 5.41) is 50.3. The van der Waals surface area contributed by atoms with Gasteiger partial charge in [-0.15, -0.1) is 0 Å². The molecule has 0 atom stereocenters. The topological polar surface area (TPSA) is 248 Å². The molecular formula is C66H60O15S3. The Morgan fingerprint density at radius 3 is 1.30 bits per heavy atom. The first-order valence-electron chi connectivity index (χ1n) is 26.2. The van der Waals surface area contributed by atoms with Crippen LogP contribution >= 0.6 is 0 Å². The number of aryl methyl sites for hydroxylation is 7. The molecule has 0 saturated carbocycles. The van der Waals surface area contributed by atoms with Crippen molar-refractivity contribution in [3.05, 3.63) is 264 Å². The Balaban J connectivity index is 0.000000151. The maximum Gasteiger partial charge on any atom is 0.298 e. The van der Waals surface area contributed by atoms with Crippen molar-refractivity contribution < 1.29 is 68.1 Å². The third kappa shape index (κ3) is 10.7. The number of hydrogen-bond acceptors (Lipinski definition) is 15. The van der Waals surface area contributed by atoms with E-state index in [1.807, 2.05) is 0 Å². The first-order valence-corrected chi connectivity index (χ1v) is 30.5. The third-order valence-electron chi connectivity index (χ3n) is 15.1. The molecule has 18 heteroatoms. The summed E-state index contributed by atoms with van der Waals surface area (Å²) >= 11 is 0. The van der Waals surface area contributed by atoms with Crippen LogP contribution in [0.25, 0.3) is 5.57 Å². The van der Waals surface area contributed by atoms with E-state index in [-0.39, 0.29) is 49.2 Å². The van der Waals surface area contributed by atoms with Crippen LogP contribution in [-0.2, 0) is 58.9 Å². The lowest BCUT2D eigenvalue weighted by molar-refractivity contribution is -0.111. The first-order chi connectivity index (χ1) is 39.6. The van der Waals surface area contributed by atoms with Gasteiger partial charge in [-0.2, -0.15) is 25.3 Å². The largest absolute Gasteiger partial charge is 0.508 e. The van der Waals surface area contributed by atoms with Crippen molar-refractivity contribution in [1.29, 1.82) is 0 Å². The van der Waals surface area contributed by atoms with Gasteiger partial charge in [0, 0.05) is 16.7 Å². The molecule has 0 spiro atoms. The zero-order valence-electron chi connectivity index (χ0n) is 47.2. The van der Waals surface area contributed by atoms with E-state index in [1.54, 1.807) is 189 Å². The summed E-state index contributed by atoms with van der Waals surface area (Å²) in [4.78, 5) is 12.1. The number of fused-ring (bicyclic) bond motifs is 2. The second-order valence-corrected chi connectivity index (χ2v) is 25.5. The number of carbonyl (C=O) groups is 1. The molecule has 8 aromatic rings. The lowest BCUT2D eigenvalue weighted by Gasteiger charge is -2.31. The monoisotopic (exact) mass is 1190 g/mol. The Morgan fingerprint density at radius 2 is 0.869 bits per heavy atom. The highest BCUT2D eigenvalue weighted by Crippen LogP contribution is 2.53. The maximum atomic E-state index is 13.0. The van der Waals surface area contributed by atoms with Crippen molar-refractivity contribution >= 4 is 41.7 Å². The van der Waals surface area contributed by atoms with Gasteiger partial charge < -0.3 is 25.5 Å². The molecule has 3 aliphatic rings. The van der Waals surface area contributed by atoms with E-state index in [0.717, 1.165) is 7.11 Å². The Bertz CT molecular complexity index is 4320. The van der Waals surface area contributed by atoms with Crippen molar-refractivity contribution in [3.63, 3.8) is 0 Å². The lowest BCUT2D eigenvalue weighted by atomic mass is 9.78. The van der Waals surface area contributed by atoms with E-state index in [4.69, 9.17) is 12.5 Å². The minimum atomic E-state index is -4.01. The molecule has 15 nitrogen and oxygen atoms in total. The number of ketones is 1. The standard InChI is InChI=1S/C23H22O5S.C22H20O5S.C21H18O5S/c1-13-9-17(10-14(2)21(13)24)23(18-11-15(3)22(25)16(4)12-18)19-7-5-6-8-20(19)29(26,27)28-23;1-14-12-16(8-10-19(14)23)22(17-9-11-20(24)15(2)13-17)18-6-4-5-7-21(18)28(25,26)27-3;1-13-11-15(7-9-18(13)22)21(16-8-10-19(23)14(2)12-16)17-5-3-4-6-20(17)27(24,25)26-21/h5-12,24-25H,1-4H3;4-13,23H,1-3H3;3-12,22-23H,1-2H3/b;22-17+;. The summed E-state index contributed by atoms with van der Waals surface area (Å²) < 4.78 is 92.9. The van der Waals surface area contributed by atoms with Gasteiger partial charge in [0.1, 0.15) is 43.4 Å². The number of phenols is 5. The summed E-state index contributed by atoms with van der Waals surface area (Å²) in [6, 6.07) is 41.8. The van der Waals surface area contributed by atoms with E-state index in [0.29, 0.717) is 100 Å². The van der Waals surface area contributed by atoms with Crippen molar-refractivity contribution in [2.75, 3.05) is 7.11 Å². The molecule has 84 heavy (non-hydrogen) atoms. The van der Waals surface area contributed by atoms with Gasteiger partial charge in [0.05, 0.1) is 7.11 Å². The van der Waals surface area contributed by atoms with Crippen molar-refractivity contribution in [3.8, 4) is 28.7 Å². The van der Waals surface area contributed by atoms with Crippen LogP contribution in [0.1, 0.15) is 90.4 Å². The highest BCUT2D eigenvalue weighted by Gasteiger charge is 2.53. The Labute approximate surface area is 488 Å². The maximum absolute atomic E-state index is 13.0. The average Bonchev–Trinajstić information content (AvgIpc) is 3.57. The fourth-order valence-corrected chi connectivity index (χ4v) is 14.5. The first kappa shape index (κ1) is 60.0. The number of hydrogen-bond donors (Lipinski definition) is 5. The average molecular weight is 1190 g/mol. The number of carbonyl (C=O) groups excluding carboxylic acids is 1. The van der Waals surface area contributed by atoms with E-state index >= 15 is 0 Å². The molecular weight excluding hydrogens is 1130 g/mol. The summed E-state index contributed by atoms with van der Waals surface area (Å²) in [6.07, 6.45) is 4.87. The fourth-order valence-electron chi connectivity index (χ4n) is 10.7. The van der Waals surface area contributed by atoms with Gasteiger partial charge in [-0.05, 0) is 230 Å². The number of rotatable bonds is 8. The molecule has 0 radical (unpaired) electrons. The molecule has 8 aromatic carbocycles. The summed E-state index contributed by atoms with van der Waals surface area (Å²) in [5.74, 6) is 0.608. The quantitative estimate of drug-likeness (QED) is 0.0888. The molecule has 0 aromatic heterocycles. The Hall–Kier alpha value is -8.62.